The highest BCUT2D eigenvalue weighted by Gasteiger charge is 2.34. The van der Waals surface area contributed by atoms with E-state index in [1.54, 1.807) is 4.68 Å². The Bertz CT molecular complexity index is 702. The van der Waals surface area contributed by atoms with E-state index >= 15 is 0 Å². The van der Waals surface area contributed by atoms with Crippen molar-refractivity contribution in [2.75, 3.05) is 19.6 Å². The summed E-state index contributed by atoms with van der Waals surface area (Å²) in [5, 5.41) is 10.7. The monoisotopic (exact) mass is 326 g/mol. The molecule has 2 aromatic rings. The first-order chi connectivity index (χ1) is 11.5. The number of hydrogen-bond acceptors (Lipinski definition) is 3. The Morgan fingerprint density at radius 3 is 2.71 bits per heavy atom. The van der Waals surface area contributed by atoms with E-state index in [1.807, 2.05) is 19.4 Å². The normalized spacial score (nSPS) is 20.3. The fourth-order valence-electron chi connectivity index (χ4n) is 3.61. The molecule has 2 heterocycles. The Morgan fingerprint density at radius 2 is 2.04 bits per heavy atom. The van der Waals surface area contributed by atoms with E-state index in [2.05, 4.69) is 47.8 Å². The van der Waals surface area contributed by atoms with Crippen molar-refractivity contribution in [3.8, 4) is 0 Å². The van der Waals surface area contributed by atoms with Gasteiger partial charge in [-0.2, -0.15) is 5.10 Å². The average molecular weight is 326 g/mol. The molecule has 5 heteroatoms. The van der Waals surface area contributed by atoms with Crippen molar-refractivity contribution in [1.29, 1.82) is 0 Å². The predicted molar refractivity (Wildman–Crippen MR) is 94.9 cm³/mol. The van der Waals surface area contributed by atoms with Gasteiger partial charge in [0.05, 0.1) is 12.1 Å². The van der Waals surface area contributed by atoms with Gasteiger partial charge in [-0.3, -0.25) is 9.48 Å². The Kier molecular flexibility index (Phi) is 5.00. The van der Waals surface area contributed by atoms with Crippen molar-refractivity contribution in [2.45, 2.75) is 26.2 Å². The molecule has 0 radical (unpaired) electrons. The number of carbonyl (C=O) groups excluding carboxylic acids is 1. The Balaban J connectivity index is 1.56. The number of amides is 1. The quantitative estimate of drug-likeness (QED) is 0.879. The van der Waals surface area contributed by atoms with Gasteiger partial charge in [-0.05, 0) is 31.4 Å². The predicted octanol–water partition coefficient (Wildman–Crippen LogP) is 1.70. The molecule has 1 amide bonds. The molecular weight excluding hydrogens is 300 g/mol. The maximum Gasteiger partial charge on any atom is 0.225 e. The summed E-state index contributed by atoms with van der Waals surface area (Å²) in [6.07, 6.45) is 4.74. The first-order valence-electron chi connectivity index (χ1n) is 8.57. The molecule has 1 aliphatic rings. The van der Waals surface area contributed by atoms with Crippen molar-refractivity contribution >= 4 is 5.91 Å². The summed E-state index contributed by atoms with van der Waals surface area (Å²) in [7, 11) is 1.91. The minimum Gasteiger partial charge on any atom is -0.355 e. The second-order valence-corrected chi connectivity index (χ2v) is 6.86. The zero-order valence-corrected chi connectivity index (χ0v) is 14.7. The molecule has 5 nitrogen and oxygen atoms in total. The number of nitrogens with zero attached hydrogens (tertiary/aromatic N) is 2. The highest BCUT2D eigenvalue weighted by atomic mass is 16.1. The van der Waals surface area contributed by atoms with E-state index in [0.717, 1.165) is 25.1 Å². The Labute approximate surface area is 143 Å². The molecule has 0 spiro atoms. The van der Waals surface area contributed by atoms with Gasteiger partial charge in [-0.1, -0.05) is 29.3 Å². The fourth-order valence-corrected chi connectivity index (χ4v) is 3.61. The van der Waals surface area contributed by atoms with Crippen molar-refractivity contribution in [1.82, 2.24) is 20.4 Å². The first kappa shape index (κ1) is 16.7. The van der Waals surface area contributed by atoms with Gasteiger partial charge in [0.15, 0.2) is 0 Å². The molecule has 0 saturated carbocycles. The van der Waals surface area contributed by atoms with Crippen LogP contribution in [-0.4, -0.2) is 35.3 Å². The van der Waals surface area contributed by atoms with Crippen LogP contribution in [0.3, 0.4) is 0 Å². The topological polar surface area (TPSA) is 59.0 Å². The standard InChI is InChI=1S/C19H26N4O/c1-13-6-14(2)8-15(7-13)4-5-21-19(24)18-11-20-10-17(18)16-9-22-23(3)12-16/h6-9,12,17-18,20H,4-5,10-11H2,1-3H3,(H,21,24)/t17-,18+/m1/s1. The van der Waals surface area contributed by atoms with Crippen LogP contribution in [0.2, 0.25) is 0 Å². The van der Waals surface area contributed by atoms with E-state index in [0.29, 0.717) is 6.54 Å². The molecule has 1 aromatic carbocycles. The molecule has 0 unspecified atom stereocenters. The van der Waals surface area contributed by atoms with Crippen LogP contribution in [0.1, 0.15) is 28.2 Å². The lowest BCUT2D eigenvalue weighted by Crippen LogP contribution is -2.35. The van der Waals surface area contributed by atoms with Crippen LogP contribution in [0.4, 0.5) is 0 Å². The van der Waals surface area contributed by atoms with Gasteiger partial charge in [0.25, 0.3) is 0 Å². The summed E-state index contributed by atoms with van der Waals surface area (Å²) in [5.74, 6) is 0.326. The second-order valence-electron chi connectivity index (χ2n) is 6.86. The van der Waals surface area contributed by atoms with Crippen molar-refractivity contribution in [3.63, 3.8) is 0 Å². The molecule has 1 aliphatic heterocycles. The number of carbonyl (C=O) groups is 1. The Hall–Kier alpha value is -2.14. The lowest BCUT2D eigenvalue weighted by molar-refractivity contribution is -0.124. The smallest absolute Gasteiger partial charge is 0.225 e. The van der Waals surface area contributed by atoms with Crippen LogP contribution in [0.15, 0.2) is 30.6 Å². The van der Waals surface area contributed by atoms with Crippen molar-refractivity contribution in [2.24, 2.45) is 13.0 Å². The number of nitrogens with one attached hydrogen (secondary N) is 2. The van der Waals surface area contributed by atoms with Gasteiger partial charge in [-0.25, -0.2) is 0 Å². The van der Waals surface area contributed by atoms with E-state index in [1.165, 1.54) is 16.7 Å². The largest absolute Gasteiger partial charge is 0.355 e. The van der Waals surface area contributed by atoms with Crippen LogP contribution in [0.5, 0.6) is 0 Å². The van der Waals surface area contributed by atoms with Crippen LogP contribution in [-0.2, 0) is 18.3 Å². The number of aromatic nitrogens is 2. The second kappa shape index (κ2) is 7.18. The summed E-state index contributed by atoms with van der Waals surface area (Å²) in [6, 6.07) is 6.55. The maximum atomic E-state index is 12.6. The SMILES string of the molecule is Cc1cc(C)cc(CCNC(=O)[C@H]2CNC[C@@H]2c2cnn(C)c2)c1. The third-order valence-corrected chi connectivity index (χ3v) is 4.70. The highest BCUT2D eigenvalue weighted by molar-refractivity contribution is 5.80. The molecule has 1 aromatic heterocycles. The molecule has 128 valence electrons. The minimum atomic E-state index is -0.0200. The van der Waals surface area contributed by atoms with Crippen LogP contribution >= 0.6 is 0 Å². The zero-order chi connectivity index (χ0) is 17.1. The molecule has 1 saturated heterocycles. The third kappa shape index (κ3) is 3.85. The number of rotatable bonds is 5. The van der Waals surface area contributed by atoms with Crippen LogP contribution < -0.4 is 10.6 Å². The van der Waals surface area contributed by atoms with Crippen LogP contribution in [0, 0.1) is 19.8 Å². The Morgan fingerprint density at radius 1 is 1.29 bits per heavy atom. The van der Waals surface area contributed by atoms with Gasteiger partial charge >= 0.3 is 0 Å². The summed E-state index contributed by atoms with van der Waals surface area (Å²) in [5.41, 5.74) is 4.96. The van der Waals surface area contributed by atoms with Gasteiger partial charge in [-0.15, -0.1) is 0 Å². The van der Waals surface area contributed by atoms with E-state index < -0.39 is 0 Å². The number of aryl methyl sites for hydroxylation is 3. The highest BCUT2D eigenvalue weighted by Crippen LogP contribution is 2.27. The molecular formula is C19H26N4O. The lowest BCUT2D eigenvalue weighted by Gasteiger charge is -2.17. The molecule has 24 heavy (non-hydrogen) atoms. The van der Waals surface area contributed by atoms with Gasteiger partial charge in [0, 0.05) is 38.8 Å². The average Bonchev–Trinajstić information content (AvgIpc) is 3.14. The van der Waals surface area contributed by atoms with Crippen LogP contribution in [0.25, 0.3) is 0 Å². The van der Waals surface area contributed by atoms with E-state index in [4.69, 9.17) is 0 Å². The van der Waals surface area contributed by atoms with Gasteiger partial charge in [0.1, 0.15) is 0 Å². The summed E-state index contributed by atoms with van der Waals surface area (Å²) in [6.45, 7) is 6.46. The molecule has 3 rings (SSSR count). The molecule has 0 aliphatic carbocycles. The minimum absolute atomic E-state index is 0.0200. The van der Waals surface area contributed by atoms with E-state index in [-0.39, 0.29) is 17.7 Å². The summed E-state index contributed by atoms with van der Waals surface area (Å²) >= 11 is 0. The van der Waals surface area contributed by atoms with Crippen molar-refractivity contribution < 1.29 is 4.79 Å². The van der Waals surface area contributed by atoms with Crippen molar-refractivity contribution in [3.05, 3.63) is 52.8 Å². The number of hydrogen-bond donors (Lipinski definition) is 2. The lowest BCUT2D eigenvalue weighted by atomic mass is 9.90. The zero-order valence-electron chi connectivity index (χ0n) is 14.7. The molecule has 0 bridgehead atoms. The maximum absolute atomic E-state index is 12.6. The third-order valence-electron chi connectivity index (χ3n) is 4.70. The fraction of sp³-hybridized carbons (Fsp3) is 0.474. The molecule has 2 atom stereocenters. The number of benzene rings is 1. The summed E-state index contributed by atoms with van der Waals surface area (Å²) in [4.78, 5) is 12.6. The molecule has 2 N–H and O–H groups in total. The summed E-state index contributed by atoms with van der Waals surface area (Å²) < 4.78 is 1.79. The van der Waals surface area contributed by atoms with Gasteiger partial charge < -0.3 is 10.6 Å². The first-order valence-corrected chi connectivity index (χ1v) is 8.57. The molecule has 1 fully saturated rings. The van der Waals surface area contributed by atoms with E-state index in [9.17, 15) is 4.79 Å². The van der Waals surface area contributed by atoms with Gasteiger partial charge in [0.2, 0.25) is 5.91 Å².